The molecular weight excluding hydrogens is 340 g/mol. The van der Waals surface area contributed by atoms with Crippen LogP contribution in [0.2, 0.25) is 0 Å². The highest BCUT2D eigenvalue weighted by atomic mass is 16.5. The number of likely N-dealkylation sites (tertiary alicyclic amines) is 1. The van der Waals surface area contributed by atoms with E-state index >= 15 is 0 Å². The Morgan fingerprint density at radius 3 is 2.73 bits per heavy atom. The minimum absolute atomic E-state index is 0.175. The van der Waals surface area contributed by atoms with Crippen LogP contribution in [0, 0.1) is 5.92 Å². The standard InChI is InChI=1S/C18H20N2O6/c1-2-24-17(22)12-6-8-20(9-7-12)15(21)10-25-18(23)13-4-3-5-14-16(13)19-11-26-14/h3-5,11-12H,2,6-10H2,1H3. The SMILES string of the molecule is CCOC(=O)C1CCN(C(=O)COC(=O)c2cccc3ocnc23)CC1. The van der Waals surface area contributed by atoms with Gasteiger partial charge in [0.1, 0.15) is 5.52 Å². The molecule has 0 radical (unpaired) electrons. The van der Waals surface area contributed by atoms with Crippen molar-refractivity contribution in [1.29, 1.82) is 0 Å². The van der Waals surface area contributed by atoms with E-state index in [0.29, 0.717) is 43.6 Å². The average Bonchev–Trinajstić information content (AvgIpc) is 3.15. The summed E-state index contributed by atoms with van der Waals surface area (Å²) in [5.74, 6) is -1.30. The zero-order valence-electron chi connectivity index (χ0n) is 14.5. The number of ether oxygens (including phenoxy) is 2. The van der Waals surface area contributed by atoms with Crippen molar-refractivity contribution < 1.29 is 28.3 Å². The second kappa shape index (κ2) is 7.99. The molecule has 1 aliphatic heterocycles. The maximum atomic E-state index is 12.2. The van der Waals surface area contributed by atoms with E-state index in [0.717, 1.165) is 0 Å². The van der Waals surface area contributed by atoms with Crippen molar-refractivity contribution in [3.63, 3.8) is 0 Å². The molecule has 1 saturated heterocycles. The van der Waals surface area contributed by atoms with Gasteiger partial charge in [0, 0.05) is 13.1 Å². The third kappa shape index (κ3) is 3.84. The number of para-hydroxylation sites is 1. The van der Waals surface area contributed by atoms with Gasteiger partial charge in [-0.1, -0.05) is 6.07 Å². The quantitative estimate of drug-likeness (QED) is 0.750. The number of benzene rings is 1. The summed E-state index contributed by atoms with van der Waals surface area (Å²) in [7, 11) is 0. The first kappa shape index (κ1) is 17.9. The molecule has 1 amide bonds. The lowest BCUT2D eigenvalue weighted by atomic mass is 9.97. The van der Waals surface area contributed by atoms with Crippen LogP contribution in [-0.4, -0.2) is 54.0 Å². The number of esters is 2. The first-order valence-electron chi connectivity index (χ1n) is 8.54. The number of hydrogen-bond donors (Lipinski definition) is 0. The third-order valence-electron chi connectivity index (χ3n) is 4.37. The lowest BCUT2D eigenvalue weighted by Gasteiger charge is -2.30. The molecule has 3 rings (SSSR count). The Bertz CT molecular complexity index is 807. The van der Waals surface area contributed by atoms with Gasteiger partial charge in [-0.15, -0.1) is 0 Å². The maximum absolute atomic E-state index is 12.2. The highest BCUT2D eigenvalue weighted by Gasteiger charge is 2.28. The zero-order chi connectivity index (χ0) is 18.5. The van der Waals surface area contributed by atoms with Crippen molar-refractivity contribution in [3.8, 4) is 0 Å². The number of piperidine rings is 1. The molecule has 0 unspecified atom stereocenters. The van der Waals surface area contributed by atoms with Gasteiger partial charge in [-0.05, 0) is 31.9 Å². The molecule has 0 saturated carbocycles. The van der Waals surface area contributed by atoms with Gasteiger partial charge in [0.2, 0.25) is 0 Å². The van der Waals surface area contributed by atoms with Crippen molar-refractivity contribution in [2.24, 2.45) is 5.92 Å². The molecule has 138 valence electrons. The molecule has 0 bridgehead atoms. The maximum Gasteiger partial charge on any atom is 0.340 e. The molecule has 8 nitrogen and oxygen atoms in total. The molecule has 2 heterocycles. The van der Waals surface area contributed by atoms with Gasteiger partial charge in [0.05, 0.1) is 18.1 Å². The summed E-state index contributed by atoms with van der Waals surface area (Å²) >= 11 is 0. The number of nitrogens with zero attached hydrogens (tertiary/aromatic N) is 2. The van der Waals surface area contributed by atoms with Crippen LogP contribution in [0.15, 0.2) is 29.0 Å². The molecule has 1 fully saturated rings. The monoisotopic (exact) mass is 360 g/mol. The Balaban J connectivity index is 1.51. The van der Waals surface area contributed by atoms with E-state index in [2.05, 4.69) is 4.98 Å². The number of aromatic nitrogens is 1. The van der Waals surface area contributed by atoms with Gasteiger partial charge in [0.15, 0.2) is 18.6 Å². The predicted octanol–water partition coefficient (Wildman–Crippen LogP) is 1.79. The predicted molar refractivity (Wildman–Crippen MR) is 90.2 cm³/mol. The van der Waals surface area contributed by atoms with E-state index in [4.69, 9.17) is 13.9 Å². The van der Waals surface area contributed by atoms with Gasteiger partial charge in [-0.2, -0.15) is 0 Å². The number of carbonyl (C=O) groups excluding carboxylic acids is 3. The van der Waals surface area contributed by atoms with Crippen LogP contribution in [0.1, 0.15) is 30.1 Å². The first-order chi connectivity index (χ1) is 12.6. The summed E-state index contributed by atoms with van der Waals surface area (Å²) < 4.78 is 15.3. The minimum atomic E-state index is -0.626. The van der Waals surface area contributed by atoms with Crippen molar-refractivity contribution in [2.45, 2.75) is 19.8 Å². The largest absolute Gasteiger partial charge is 0.466 e. The summed E-state index contributed by atoms with van der Waals surface area (Å²) in [5, 5.41) is 0. The summed E-state index contributed by atoms with van der Waals surface area (Å²) in [5.41, 5.74) is 1.14. The van der Waals surface area contributed by atoms with Crippen LogP contribution in [0.3, 0.4) is 0 Å². The smallest absolute Gasteiger partial charge is 0.340 e. The summed E-state index contributed by atoms with van der Waals surface area (Å²) in [6.45, 7) is 2.66. The number of carbonyl (C=O) groups is 3. The highest BCUT2D eigenvalue weighted by molar-refractivity contribution is 6.01. The summed E-state index contributed by atoms with van der Waals surface area (Å²) in [6, 6.07) is 4.92. The third-order valence-corrected chi connectivity index (χ3v) is 4.37. The average molecular weight is 360 g/mol. The van der Waals surface area contributed by atoms with E-state index < -0.39 is 5.97 Å². The van der Waals surface area contributed by atoms with Crippen LogP contribution >= 0.6 is 0 Å². The lowest BCUT2D eigenvalue weighted by Crippen LogP contribution is -2.42. The Hall–Kier alpha value is -2.90. The Kier molecular flexibility index (Phi) is 5.50. The molecule has 2 aromatic rings. The van der Waals surface area contributed by atoms with E-state index in [1.807, 2.05) is 0 Å². The molecule has 26 heavy (non-hydrogen) atoms. The number of fused-ring (bicyclic) bond motifs is 1. The molecule has 0 aliphatic carbocycles. The van der Waals surface area contributed by atoms with E-state index in [1.165, 1.54) is 6.39 Å². The zero-order valence-corrected chi connectivity index (χ0v) is 14.5. The van der Waals surface area contributed by atoms with Crippen molar-refractivity contribution >= 4 is 28.9 Å². The van der Waals surface area contributed by atoms with Crippen molar-refractivity contribution in [3.05, 3.63) is 30.2 Å². The van der Waals surface area contributed by atoms with E-state index in [9.17, 15) is 14.4 Å². The summed E-state index contributed by atoms with van der Waals surface area (Å²) in [4.78, 5) is 41.8. The second-order valence-corrected chi connectivity index (χ2v) is 5.99. The fraction of sp³-hybridized carbons (Fsp3) is 0.444. The fourth-order valence-electron chi connectivity index (χ4n) is 2.97. The molecule has 1 aromatic carbocycles. The van der Waals surface area contributed by atoms with Crippen molar-refractivity contribution in [1.82, 2.24) is 9.88 Å². The van der Waals surface area contributed by atoms with Gasteiger partial charge < -0.3 is 18.8 Å². The van der Waals surface area contributed by atoms with Crippen LogP contribution in [0.4, 0.5) is 0 Å². The van der Waals surface area contributed by atoms with E-state index in [-0.39, 0.29) is 30.0 Å². The number of amides is 1. The lowest BCUT2D eigenvalue weighted by molar-refractivity contribution is -0.151. The van der Waals surface area contributed by atoms with E-state index in [1.54, 1.807) is 30.0 Å². The van der Waals surface area contributed by atoms with Crippen LogP contribution in [0.5, 0.6) is 0 Å². The molecule has 8 heteroatoms. The Morgan fingerprint density at radius 1 is 1.23 bits per heavy atom. The molecule has 0 atom stereocenters. The summed E-state index contributed by atoms with van der Waals surface area (Å²) in [6.07, 6.45) is 2.35. The van der Waals surface area contributed by atoms with Gasteiger partial charge in [-0.3, -0.25) is 9.59 Å². The first-order valence-corrected chi connectivity index (χ1v) is 8.54. The normalized spacial score (nSPS) is 15.0. The number of rotatable bonds is 5. The Labute approximate surface area is 150 Å². The van der Waals surface area contributed by atoms with Crippen LogP contribution in [-0.2, 0) is 19.1 Å². The van der Waals surface area contributed by atoms with Gasteiger partial charge >= 0.3 is 11.9 Å². The molecule has 1 aliphatic rings. The minimum Gasteiger partial charge on any atom is -0.466 e. The molecule has 1 aromatic heterocycles. The molecule has 0 spiro atoms. The topological polar surface area (TPSA) is 98.9 Å². The van der Waals surface area contributed by atoms with Crippen molar-refractivity contribution in [2.75, 3.05) is 26.3 Å². The van der Waals surface area contributed by atoms with Crippen LogP contribution < -0.4 is 0 Å². The van der Waals surface area contributed by atoms with Gasteiger partial charge in [0.25, 0.3) is 5.91 Å². The van der Waals surface area contributed by atoms with Crippen LogP contribution in [0.25, 0.3) is 11.1 Å². The highest BCUT2D eigenvalue weighted by Crippen LogP contribution is 2.20. The second-order valence-electron chi connectivity index (χ2n) is 5.99. The number of hydrogen-bond acceptors (Lipinski definition) is 7. The Morgan fingerprint density at radius 2 is 2.00 bits per heavy atom. The molecule has 0 N–H and O–H groups in total. The fourth-order valence-corrected chi connectivity index (χ4v) is 2.97. The molecular formula is C18H20N2O6. The van der Waals surface area contributed by atoms with Gasteiger partial charge in [-0.25, -0.2) is 9.78 Å². The number of oxazole rings is 1.